The van der Waals surface area contributed by atoms with Crippen LogP contribution in [0.25, 0.3) is 0 Å². The van der Waals surface area contributed by atoms with Gasteiger partial charge in [0.2, 0.25) is 11.8 Å². The number of hydrogen-bond acceptors (Lipinski definition) is 4. The van der Waals surface area contributed by atoms with Gasteiger partial charge in [-0.15, -0.1) is 0 Å². The van der Waals surface area contributed by atoms with Crippen LogP contribution in [-0.4, -0.2) is 68.5 Å². The molecule has 2 saturated heterocycles. The lowest BCUT2D eigenvalue weighted by Crippen LogP contribution is -2.39. The third-order valence-corrected chi connectivity index (χ3v) is 4.89. The van der Waals surface area contributed by atoms with Crippen molar-refractivity contribution >= 4 is 17.5 Å². The Morgan fingerprint density at radius 2 is 1.88 bits per heavy atom. The van der Waals surface area contributed by atoms with Gasteiger partial charge in [-0.2, -0.15) is 0 Å². The fourth-order valence-electron chi connectivity index (χ4n) is 3.41. The van der Waals surface area contributed by atoms with Gasteiger partial charge in [-0.3, -0.25) is 9.59 Å². The smallest absolute Gasteiger partial charge is 0.228 e. The second kappa shape index (κ2) is 7.21. The molecule has 1 aromatic rings. The van der Waals surface area contributed by atoms with Crippen molar-refractivity contribution in [3.8, 4) is 5.75 Å². The quantitative estimate of drug-likeness (QED) is 0.835. The summed E-state index contributed by atoms with van der Waals surface area (Å²) in [5.41, 5.74) is 0.826. The van der Waals surface area contributed by atoms with Gasteiger partial charge in [-0.05, 0) is 44.3 Å². The topological polar surface area (TPSA) is 53.1 Å². The van der Waals surface area contributed by atoms with E-state index in [2.05, 4.69) is 11.9 Å². The first-order chi connectivity index (χ1) is 11.6. The number of amides is 2. The first kappa shape index (κ1) is 16.8. The van der Waals surface area contributed by atoms with Gasteiger partial charge in [0, 0.05) is 38.3 Å². The van der Waals surface area contributed by atoms with Crippen molar-refractivity contribution < 1.29 is 14.3 Å². The molecule has 2 fully saturated rings. The molecule has 1 unspecified atom stereocenters. The molecule has 130 valence electrons. The second-order valence-electron chi connectivity index (χ2n) is 6.59. The summed E-state index contributed by atoms with van der Waals surface area (Å²) < 4.78 is 5.15. The molecule has 2 aliphatic rings. The van der Waals surface area contributed by atoms with E-state index in [0.29, 0.717) is 13.0 Å². The highest BCUT2D eigenvalue weighted by Gasteiger charge is 2.37. The van der Waals surface area contributed by atoms with Crippen LogP contribution in [0.2, 0.25) is 0 Å². The number of nitrogens with zero attached hydrogens (tertiary/aromatic N) is 3. The van der Waals surface area contributed by atoms with Crippen LogP contribution in [0, 0.1) is 5.92 Å². The molecular weight excluding hydrogens is 306 g/mol. The molecule has 0 radical (unpaired) electrons. The Bertz CT molecular complexity index is 602. The number of hydrogen-bond donors (Lipinski definition) is 0. The number of carbonyl (C=O) groups is 2. The fraction of sp³-hybridized carbons (Fsp3) is 0.556. The number of anilines is 1. The molecule has 0 aromatic heterocycles. The van der Waals surface area contributed by atoms with E-state index in [9.17, 15) is 9.59 Å². The van der Waals surface area contributed by atoms with Crippen LogP contribution in [0.4, 0.5) is 5.69 Å². The van der Waals surface area contributed by atoms with E-state index in [1.807, 2.05) is 29.2 Å². The summed E-state index contributed by atoms with van der Waals surface area (Å²) in [6.07, 6.45) is 1.29. The number of carbonyl (C=O) groups excluding carboxylic acids is 2. The molecule has 2 aliphatic heterocycles. The van der Waals surface area contributed by atoms with Crippen molar-refractivity contribution in [2.75, 3.05) is 51.8 Å². The summed E-state index contributed by atoms with van der Waals surface area (Å²) >= 11 is 0. The number of methoxy groups -OCH3 is 1. The number of ether oxygens (including phenoxy) is 1. The Kier molecular flexibility index (Phi) is 5.04. The van der Waals surface area contributed by atoms with E-state index < -0.39 is 0 Å². The predicted octanol–water partition coefficient (Wildman–Crippen LogP) is 1.21. The normalized spacial score (nSPS) is 22.6. The Hall–Kier alpha value is -2.08. The maximum Gasteiger partial charge on any atom is 0.228 e. The van der Waals surface area contributed by atoms with E-state index in [0.717, 1.165) is 44.0 Å². The highest BCUT2D eigenvalue weighted by Crippen LogP contribution is 2.28. The zero-order valence-corrected chi connectivity index (χ0v) is 14.4. The average Bonchev–Trinajstić information content (AvgIpc) is 2.85. The molecule has 2 amide bonds. The van der Waals surface area contributed by atoms with E-state index in [1.54, 1.807) is 12.0 Å². The summed E-state index contributed by atoms with van der Waals surface area (Å²) in [4.78, 5) is 31.0. The Morgan fingerprint density at radius 1 is 1.12 bits per heavy atom. The summed E-state index contributed by atoms with van der Waals surface area (Å²) in [5, 5.41) is 0. The van der Waals surface area contributed by atoms with Crippen molar-refractivity contribution in [1.82, 2.24) is 9.80 Å². The standard InChI is InChI=1S/C18H25N3O3/c1-19-8-3-9-20(11-10-19)18(23)14-12-17(22)21(13-14)15-4-6-16(24-2)7-5-15/h4-7,14H,3,8-13H2,1-2H3. The van der Waals surface area contributed by atoms with E-state index in [1.165, 1.54) is 0 Å². The van der Waals surface area contributed by atoms with Crippen LogP contribution in [-0.2, 0) is 9.59 Å². The van der Waals surface area contributed by atoms with Gasteiger partial charge in [0.1, 0.15) is 5.75 Å². The van der Waals surface area contributed by atoms with Crippen LogP contribution in [0.1, 0.15) is 12.8 Å². The Balaban J connectivity index is 1.66. The molecule has 2 heterocycles. The van der Waals surface area contributed by atoms with Crippen molar-refractivity contribution in [3.63, 3.8) is 0 Å². The first-order valence-corrected chi connectivity index (χ1v) is 8.50. The Morgan fingerprint density at radius 3 is 2.58 bits per heavy atom. The lowest BCUT2D eigenvalue weighted by molar-refractivity contribution is -0.135. The van der Waals surface area contributed by atoms with Gasteiger partial charge >= 0.3 is 0 Å². The molecule has 0 N–H and O–H groups in total. The lowest BCUT2D eigenvalue weighted by Gasteiger charge is -2.24. The van der Waals surface area contributed by atoms with Gasteiger partial charge in [-0.25, -0.2) is 0 Å². The molecule has 0 spiro atoms. The van der Waals surface area contributed by atoms with E-state index in [4.69, 9.17) is 4.74 Å². The van der Waals surface area contributed by atoms with Crippen molar-refractivity contribution in [1.29, 1.82) is 0 Å². The molecule has 24 heavy (non-hydrogen) atoms. The third kappa shape index (κ3) is 3.53. The maximum absolute atomic E-state index is 12.8. The first-order valence-electron chi connectivity index (χ1n) is 8.50. The molecule has 6 nitrogen and oxygen atoms in total. The summed E-state index contributed by atoms with van der Waals surface area (Å²) in [5.74, 6) is 0.662. The maximum atomic E-state index is 12.8. The molecule has 6 heteroatoms. The molecule has 1 atom stereocenters. The van der Waals surface area contributed by atoms with Gasteiger partial charge in [0.25, 0.3) is 0 Å². The van der Waals surface area contributed by atoms with Crippen LogP contribution in [0.3, 0.4) is 0 Å². The number of benzene rings is 1. The van der Waals surface area contributed by atoms with Crippen LogP contribution >= 0.6 is 0 Å². The lowest BCUT2D eigenvalue weighted by atomic mass is 10.1. The molecule has 0 saturated carbocycles. The zero-order valence-electron chi connectivity index (χ0n) is 14.4. The van der Waals surface area contributed by atoms with E-state index >= 15 is 0 Å². The molecule has 0 aliphatic carbocycles. The summed E-state index contributed by atoms with van der Waals surface area (Å²) in [6.45, 7) is 3.93. The summed E-state index contributed by atoms with van der Waals surface area (Å²) in [6, 6.07) is 7.40. The molecule has 0 bridgehead atoms. The second-order valence-corrected chi connectivity index (χ2v) is 6.59. The zero-order chi connectivity index (χ0) is 17.1. The number of likely N-dealkylation sites (N-methyl/N-ethyl adjacent to an activating group) is 1. The van der Waals surface area contributed by atoms with Crippen molar-refractivity contribution in [3.05, 3.63) is 24.3 Å². The molecule has 3 rings (SSSR count). The van der Waals surface area contributed by atoms with Gasteiger partial charge < -0.3 is 19.4 Å². The highest BCUT2D eigenvalue weighted by molar-refractivity contribution is 6.00. The minimum Gasteiger partial charge on any atom is -0.497 e. The van der Waals surface area contributed by atoms with E-state index in [-0.39, 0.29) is 17.7 Å². The molecular formula is C18H25N3O3. The number of rotatable bonds is 3. The SMILES string of the molecule is COc1ccc(N2CC(C(=O)N3CCCN(C)CC3)CC2=O)cc1. The van der Waals surface area contributed by atoms with Crippen LogP contribution in [0.15, 0.2) is 24.3 Å². The van der Waals surface area contributed by atoms with Crippen LogP contribution in [0.5, 0.6) is 5.75 Å². The van der Waals surface area contributed by atoms with Gasteiger partial charge in [-0.1, -0.05) is 0 Å². The van der Waals surface area contributed by atoms with Gasteiger partial charge in [0.05, 0.1) is 13.0 Å². The predicted molar refractivity (Wildman–Crippen MR) is 92.1 cm³/mol. The van der Waals surface area contributed by atoms with Crippen molar-refractivity contribution in [2.45, 2.75) is 12.8 Å². The average molecular weight is 331 g/mol. The largest absolute Gasteiger partial charge is 0.497 e. The van der Waals surface area contributed by atoms with Crippen molar-refractivity contribution in [2.24, 2.45) is 5.92 Å². The Labute approximate surface area is 143 Å². The monoisotopic (exact) mass is 331 g/mol. The minimum atomic E-state index is -0.233. The minimum absolute atomic E-state index is 0.0189. The fourth-order valence-corrected chi connectivity index (χ4v) is 3.41. The highest BCUT2D eigenvalue weighted by atomic mass is 16.5. The third-order valence-electron chi connectivity index (χ3n) is 4.89. The van der Waals surface area contributed by atoms with Gasteiger partial charge in [0.15, 0.2) is 0 Å². The molecule has 1 aromatic carbocycles. The van der Waals surface area contributed by atoms with Crippen LogP contribution < -0.4 is 9.64 Å². The summed E-state index contributed by atoms with van der Waals surface area (Å²) in [7, 11) is 3.70.